The van der Waals surface area contributed by atoms with Crippen LogP contribution in [0, 0.1) is 0 Å². The highest BCUT2D eigenvalue weighted by atomic mass is 32.1. The predicted octanol–water partition coefficient (Wildman–Crippen LogP) is 3.47. The zero-order chi connectivity index (χ0) is 16.0. The van der Waals surface area contributed by atoms with Gasteiger partial charge in [-0.25, -0.2) is 4.98 Å². The minimum atomic E-state index is -4.40. The van der Waals surface area contributed by atoms with Crippen LogP contribution in [0.5, 0.6) is 11.6 Å². The fraction of sp³-hybridized carbons (Fsp3) is 0.286. The van der Waals surface area contributed by atoms with Crippen LogP contribution in [0.3, 0.4) is 0 Å². The molecule has 0 radical (unpaired) electrons. The first-order valence-corrected chi connectivity index (χ1v) is 7.30. The Morgan fingerprint density at radius 3 is 2.64 bits per heavy atom. The lowest BCUT2D eigenvalue weighted by Crippen LogP contribution is -2.29. The van der Waals surface area contributed by atoms with Gasteiger partial charge in [0.1, 0.15) is 10.6 Å². The summed E-state index contributed by atoms with van der Waals surface area (Å²) in [4.78, 5) is 14.9. The van der Waals surface area contributed by atoms with Crippen molar-refractivity contribution in [3.05, 3.63) is 40.2 Å². The van der Waals surface area contributed by atoms with Gasteiger partial charge in [-0.2, -0.15) is 13.2 Å². The molecule has 0 atom stereocenters. The molecule has 1 saturated carbocycles. The molecule has 0 aliphatic heterocycles. The molecular formula is C14H11F3N2O2S. The predicted molar refractivity (Wildman–Crippen MR) is 73.7 cm³/mol. The van der Waals surface area contributed by atoms with Gasteiger partial charge in [0.2, 0.25) is 11.8 Å². The molecule has 1 aliphatic rings. The number of carbonyl (C=O) groups is 1. The molecule has 3 rings (SSSR count). The summed E-state index contributed by atoms with van der Waals surface area (Å²) in [6, 6.07) is 5.74. The number of carbonyl (C=O) groups excluding carboxylic acids is 1. The summed E-state index contributed by atoms with van der Waals surface area (Å²) in [7, 11) is 0. The summed E-state index contributed by atoms with van der Waals surface area (Å²) >= 11 is 0.551. The molecule has 1 fully saturated rings. The van der Waals surface area contributed by atoms with Gasteiger partial charge >= 0.3 is 6.18 Å². The number of aromatic nitrogens is 1. The van der Waals surface area contributed by atoms with Gasteiger partial charge in [0.15, 0.2) is 0 Å². The topological polar surface area (TPSA) is 65.2 Å². The van der Waals surface area contributed by atoms with E-state index in [-0.39, 0.29) is 11.6 Å². The Morgan fingerprint density at radius 2 is 2.09 bits per heavy atom. The number of hydrogen-bond donors (Lipinski definition) is 1. The van der Waals surface area contributed by atoms with Crippen LogP contribution in [0.4, 0.5) is 13.2 Å². The Labute approximate surface area is 127 Å². The first-order chi connectivity index (χ1) is 10.3. The highest BCUT2D eigenvalue weighted by molar-refractivity contribution is 7.10. The molecule has 22 heavy (non-hydrogen) atoms. The van der Waals surface area contributed by atoms with E-state index in [9.17, 15) is 18.0 Å². The van der Waals surface area contributed by atoms with Crippen LogP contribution in [0.1, 0.15) is 23.4 Å². The summed E-state index contributed by atoms with van der Waals surface area (Å²) < 4.78 is 43.0. The molecule has 8 heteroatoms. The molecule has 1 amide bonds. The van der Waals surface area contributed by atoms with Crippen molar-refractivity contribution in [1.82, 2.24) is 4.98 Å². The van der Waals surface area contributed by atoms with Gasteiger partial charge in [0.25, 0.3) is 0 Å². The number of nitrogens with zero attached hydrogens (tertiary/aromatic N) is 1. The maximum Gasteiger partial charge on any atom is 0.425 e. The second kappa shape index (κ2) is 4.98. The van der Waals surface area contributed by atoms with Crippen LogP contribution in [0.25, 0.3) is 0 Å². The van der Waals surface area contributed by atoms with Gasteiger partial charge in [-0.15, -0.1) is 11.3 Å². The van der Waals surface area contributed by atoms with Gasteiger partial charge in [-0.3, -0.25) is 4.79 Å². The van der Waals surface area contributed by atoms with Crippen LogP contribution in [-0.4, -0.2) is 10.9 Å². The third-order valence-corrected chi connectivity index (χ3v) is 4.47. The summed E-state index contributed by atoms with van der Waals surface area (Å²) in [6.07, 6.45) is -3.16. The quantitative estimate of drug-likeness (QED) is 0.934. The van der Waals surface area contributed by atoms with Gasteiger partial charge in [0.05, 0.1) is 11.1 Å². The first-order valence-electron chi connectivity index (χ1n) is 6.42. The molecule has 0 aromatic carbocycles. The van der Waals surface area contributed by atoms with E-state index in [0.717, 1.165) is 6.07 Å². The molecule has 2 heterocycles. The second-order valence-corrected chi connectivity index (χ2v) is 5.97. The monoisotopic (exact) mass is 328 g/mol. The molecule has 2 N–H and O–H groups in total. The molecule has 2 aromatic heterocycles. The zero-order valence-corrected chi connectivity index (χ0v) is 12.0. The summed E-state index contributed by atoms with van der Waals surface area (Å²) in [5.74, 6) is -0.255. The van der Waals surface area contributed by atoms with E-state index in [1.165, 1.54) is 11.4 Å². The molecule has 116 valence electrons. The summed E-state index contributed by atoms with van der Waals surface area (Å²) in [5.41, 5.74) is 5.11. The molecular weight excluding hydrogens is 317 g/mol. The van der Waals surface area contributed by atoms with Crippen molar-refractivity contribution in [2.24, 2.45) is 5.73 Å². The van der Waals surface area contributed by atoms with Crippen molar-refractivity contribution >= 4 is 17.2 Å². The standard InChI is InChI=1S/C14H11F3N2O2S/c15-14(16,17)10-6-8(7-22-10)21-11-3-1-2-9(19-11)13(4-5-13)12(18)20/h1-3,6-7H,4-5H2,(H2,18,20). The van der Waals surface area contributed by atoms with Crippen molar-refractivity contribution in [2.75, 3.05) is 0 Å². The first kappa shape index (κ1) is 14.8. The van der Waals surface area contributed by atoms with E-state index in [0.29, 0.717) is 29.9 Å². The van der Waals surface area contributed by atoms with Gasteiger partial charge in [-0.1, -0.05) is 6.07 Å². The normalized spacial score (nSPS) is 16.3. The fourth-order valence-electron chi connectivity index (χ4n) is 2.13. The Kier molecular flexibility index (Phi) is 3.36. The molecule has 0 spiro atoms. The smallest absolute Gasteiger partial charge is 0.425 e. The van der Waals surface area contributed by atoms with Crippen molar-refractivity contribution < 1.29 is 22.7 Å². The maximum absolute atomic E-state index is 12.5. The lowest BCUT2D eigenvalue weighted by molar-refractivity contribution is -0.134. The van der Waals surface area contributed by atoms with Crippen molar-refractivity contribution in [2.45, 2.75) is 24.4 Å². The molecule has 1 aliphatic carbocycles. The Bertz CT molecular complexity index is 723. The third-order valence-electron chi connectivity index (χ3n) is 3.51. The van der Waals surface area contributed by atoms with Crippen LogP contribution < -0.4 is 10.5 Å². The van der Waals surface area contributed by atoms with Crippen molar-refractivity contribution in [3.8, 4) is 11.6 Å². The summed E-state index contributed by atoms with van der Waals surface area (Å²) in [5, 5.41) is 1.26. The Balaban J connectivity index is 1.82. The minimum Gasteiger partial charge on any atom is -0.438 e. The van der Waals surface area contributed by atoms with Gasteiger partial charge < -0.3 is 10.5 Å². The number of halogens is 3. The van der Waals surface area contributed by atoms with Crippen LogP contribution >= 0.6 is 11.3 Å². The number of amides is 1. The number of alkyl halides is 3. The molecule has 0 saturated heterocycles. The number of primary amides is 1. The van der Waals surface area contributed by atoms with E-state index in [2.05, 4.69) is 4.98 Å². The highest BCUT2D eigenvalue weighted by Gasteiger charge is 2.51. The van der Waals surface area contributed by atoms with E-state index >= 15 is 0 Å². The number of ether oxygens (including phenoxy) is 1. The number of hydrogen-bond acceptors (Lipinski definition) is 4. The van der Waals surface area contributed by atoms with Crippen molar-refractivity contribution in [3.63, 3.8) is 0 Å². The van der Waals surface area contributed by atoms with E-state index < -0.39 is 22.4 Å². The number of rotatable bonds is 4. The lowest BCUT2D eigenvalue weighted by Gasteiger charge is -2.11. The van der Waals surface area contributed by atoms with Crippen LogP contribution in [0.2, 0.25) is 0 Å². The fourth-order valence-corrected chi connectivity index (χ4v) is 2.81. The van der Waals surface area contributed by atoms with E-state index in [4.69, 9.17) is 10.5 Å². The van der Waals surface area contributed by atoms with Crippen LogP contribution in [-0.2, 0) is 16.4 Å². The average Bonchev–Trinajstić information content (AvgIpc) is 3.13. The Morgan fingerprint density at radius 1 is 1.36 bits per heavy atom. The number of thiophene rings is 1. The maximum atomic E-state index is 12.5. The van der Waals surface area contributed by atoms with Gasteiger partial charge in [0, 0.05) is 17.5 Å². The van der Waals surface area contributed by atoms with Crippen LogP contribution in [0.15, 0.2) is 29.6 Å². The number of pyridine rings is 1. The molecule has 2 aromatic rings. The molecule has 0 unspecified atom stereocenters. The lowest BCUT2D eigenvalue weighted by atomic mass is 10.0. The highest BCUT2D eigenvalue weighted by Crippen LogP contribution is 2.47. The largest absolute Gasteiger partial charge is 0.438 e. The molecule has 4 nitrogen and oxygen atoms in total. The average molecular weight is 328 g/mol. The SMILES string of the molecule is NC(=O)C1(c2cccc(Oc3csc(C(F)(F)F)c3)n2)CC1. The number of nitrogens with two attached hydrogens (primary N) is 1. The molecule has 0 bridgehead atoms. The Hall–Kier alpha value is -2.09. The third kappa shape index (κ3) is 2.66. The van der Waals surface area contributed by atoms with E-state index in [1.54, 1.807) is 12.1 Å². The van der Waals surface area contributed by atoms with E-state index in [1.807, 2.05) is 0 Å². The minimum absolute atomic E-state index is 0.0610. The van der Waals surface area contributed by atoms with Crippen molar-refractivity contribution in [1.29, 1.82) is 0 Å². The second-order valence-electron chi connectivity index (χ2n) is 5.05. The summed E-state index contributed by atoms with van der Waals surface area (Å²) in [6.45, 7) is 0. The van der Waals surface area contributed by atoms with Gasteiger partial charge in [-0.05, 0) is 18.9 Å². The zero-order valence-electron chi connectivity index (χ0n) is 11.2.